The van der Waals surface area contributed by atoms with Gasteiger partial charge >= 0.3 is 11.7 Å². The molecule has 2 rings (SSSR count). The summed E-state index contributed by atoms with van der Waals surface area (Å²) in [4.78, 5) is 24.6. The number of carboxylic acid groups (broad SMARTS) is 1. The van der Waals surface area contributed by atoms with E-state index >= 15 is 0 Å². The van der Waals surface area contributed by atoms with Crippen molar-refractivity contribution in [2.75, 3.05) is 0 Å². The van der Waals surface area contributed by atoms with Gasteiger partial charge in [-0.1, -0.05) is 18.2 Å². The zero-order valence-corrected chi connectivity index (χ0v) is 9.80. The maximum Gasteiger partial charge on any atom is 0.330 e. The molecule has 0 aliphatic heterocycles. The van der Waals surface area contributed by atoms with Crippen molar-refractivity contribution in [3.05, 3.63) is 52.7 Å². The third-order valence-corrected chi connectivity index (χ3v) is 2.74. The molecule has 0 saturated heterocycles. The van der Waals surface area contributed by atoms with Gasteiger partial charge in [-0.05, 0) is 24.5 Å². The van der Waals surface area contributed by atoms with Crippen LogP contribution in [0.3, 0.4) is 0 Å². The minimum absolute atomic E-state index is 0.135. The van der Waals surface area contributed by atoms with Gasteiger partial charge in [-0.3, -0.25) is 9.36 Å². The lowest BCUT2D eigenvalue weighted by molar-refractivity contribution is -0.137. The monoisotopic (exact) mass is 246 g/mol. The average molecular weight is 246 g/mol. The van der Waals surface area contributed by atoms with Gasteiger partial charge in [0.15, 0.2) is 0 Å². The highest BCUT2D eigenvalue weighted by molar-refractivity contribution is 5.66. The summed E-state index contributed by atoms with van der Waals surface area (Å²) < 4.78 is 1.52. The SMILES string of the molecule is O=C(O)CCCc1ccccc1-n1cc[nH]c1=O. The second-order valence-corrected chi connectivity index (χ2v) is 4.01. The number of para-hydroxylation sites is 1. The first-order chi connectivity index (χ1) is 8.68. The molecule has 18 heavy (non-hydrogen) atoms. The van der Waals surface area contributed by atoms with Crippen molar-refractivity contribution in [1.29, 1.82) is 0 Å². The van der Waals surface area contributed by atoms with Crippen LogP contribution in [0.1, 0.15) is 18.4 Å². The molecule has 0 fully saturated rings. The fraction of sp³-hybridized carbons (Fsp3) is 0.231. The van der Waals surface area contributed by atoms with Gasteiger partial charge in [0.1, 0.15) is 0 Å². The maximum atomic E-state index is 11.6. The molecular formula is C13H14N2O3. The fourth-order valence-electron chi connectivity index (χ4n) is 1.90. The van der Waals surface area contributed by atoms with Crippen molar-refractivity contribution < 1.29 is 9.90 Å². The Morgan fingerprint density at radius 3 is 2.78 bits per heavy atom. The molecule has 0 amide bonds. The predicted molar refractivity (Wildman–Crippen MR) is 67.0 cm³/mol. The number of rotatable bonds is 5. The molecule has 5 nitrogen and oxygen atoms in total. The maximum absolute atomic E-state index is 11.6. The molecule has 0 unspecified atom stereocenters. The van der Waals surface area contributed by atoms with Crippen LogP contribution in [0.15, 0.2) is 41.5 Å². The van der Waals surface area contributed by atoms with Gasteiger partial charge in [-0.25, -0.2) is 4.79 Å². The third kappa shape index (κ3) is 2.68. The van der Waals surface area contributed by atoms with E-state index in [1.165, 1.54) is 4.57 Å². The van der Waals surface area contributed by atoms with Crippen LogP contribution in [0.5, 0.6) is 0 Å². The first-order valence-electron chi connectivity index (χ1n) is 5.74. The summed E-state index contributed by atoms with van der Waals surface area (Å²) in [5.41, 5.74) is 1.58. The molecule has 5 heteroatoms. The number of hydrogen-bond acceptors (Lipinski definition) is 2. The zero-order valence-electron chi connectivity index (χ0n) is 9.80. The van der Waals surface area contributed by atoms with Crippen LogP contribution in [-0.2, 0) is 11.2 Å². The summed E-state index contributed by atoms with van der Waals surface area (Å²) in [5, 5.41) is 8.63. The average Bonchev–Trinajstić information content (AvgIpc) is 2.76. The third-order valence-electron chi connectivity index (χ3n) is 2.74. The van der Waals surface area contributed by atoms with Crippen molar-refractivity contribution in [3.63, 3.8) is 0 Å². The highest BCUT2D eigenvalue weighted by atomic mass is 16.4. The fourth-order valence-corrected chi connectivity index (χ4v) is 1.90. The number of benzene rings is 1. The number of aliphatic carboxylic acids is 1. The Morgan fingerprint density at radius 2 is 2.11 bits per heavy atom. The molecule has 0 bridgehead atoms. The highest BCUT2D eigenvalue weighted by Gasteiger charge is 2.06. The summed E-state index contributed by atoms with van der Waals surface area (Å²) in [5.74, 6) is -0.800. The number of aromatic amines is 1. The Bertz CT molecular complexity index is 598. The van der Waals surface area contributed by atoms with E-state index in [4.69, 9.17) is 5.11 Å². The quantitative estimate of drug-likeness (QED) is 0.840. The smallest absolute Gasteiger partial charge is 0.330 e. The molecular weight excluding hydrogens is 232 g/mol. The van der Waals surface area contributed by atoms with E-state index in [1.807, 2.05) is 24.3 Å². The van der Waals surface area contributed by atoms with Crippen LogP contribution in [-0.4, -0.2) is 20.6 Å². The van der Waals surface area contributed by atoms with Crippen LogP contribution in [0.25, 0.3) is 5.69 Å². The molecule has 2 N–H and O–H groups in total. The predicted octanol–water partition coefficient (Wildman–Crippen LogP) is 1.57. The van der Waals surface area contributed by atoms with Crippen molar-refractivity contribution in [2.45, 2.75) is 19.3 Å². The lowest BCUT2D eigenvalue weighted by Crippen LogP contribution is -2.15. The summed E-state index contributed by atoms with van der Waals surface area (Å²) >= 11 is 0. The number of imidazole rings is 1. The van der Waals surface area contributed by atoms with E-state index in [-0.39, 0.29) is 12.1 Å². The molecule has 0 aliphatic carbocycles. The van der Waals surface area contributed by atoms with Gasteiger partial charge in [0.2, 0.25) is 0 Å². The van der Waals surface area contributed by atoms with E-state index in [0.717, 1.165) is 11.3 Å². The Hall–Kier alpha value is -2.30. The van der Waals surface area contributed by atoms with Crippen molar-refractivity contribution in [3.8, 4) is 5.69 Å². The molecule has 0 saturated carbocycles. The van der Waals surface area contributed by atoms with Crippen LogP contribution in [0.4, 0.5) is 0 Å². The van der Waals surface area contributed by atoms with Crippen molar-refractivity contribution in [1.82, 2.24) is 9.55 Å². The summed E-state index contributed by atoms with van der Waals surface area (Å²) in [6.07, 6.45) is 4.58. The second-order valence-electron chi connectivity index (χ2n) is 4.01. The van der Waals surface area contributed by atoms with Crippen molar-refractivity contribution in [2.24, 2.45) is 0 Å². The minimum Gasteiger partial charge on any atom is -0.481 e. The number of hydrogen-bond donors (Lipinski definition) is 2. The summed E-state index contributed by atoms with van der Waals surface area (Å²) in [6.45, 7) is 0. The number of aryl methyl sites for hydroxylation is 1. The van der Waals surface area contributed by atoms with Crippen LogP contribution >= 0.6 is 0 Å². The van der Waals surface area contributed by atoms with E-state index in [0.29, 0.717) is 12.8 Å². The lowest BCUT2D eigenvalue weighted by Gasteiger charge is -2.08. The first-order valence-corrected chi connectivity index (χ1v) is 5.74. The molecule has 1 aromatic heterocycles. The number of carbonyl (C=O) groups is 1. The van der Waals surface area contributed by atoms with Gasteiger partial charge in [-0.2, -0.15) is 0 Å². The summed E-state index contributed by atoms with van der Waals surface area (Å²) in [7, 11) is 0. The Balaban J connectivity index is 2.24. The van der Waals surface area contributed by atoms with Crippen molar-refractivity contribution >= 4 is 5.97 Å². The number of H-pyrrole nitrogens is 1. The normalized spacial score (nSPS) is 10.4. The largest absolute Gasteiger partial charge is 0.481 e. The Labute approximate surface area is 104 Å². The van der Waals surface area contributed by atoms with Gasteiger partial charge in [0.05, 0.1) is 5.69 Å². The summed E-state index contributed by atoms with van der Waals surface area (Å²) in [6, 6.07) is 7.51. The number of nitrogens with one attached hydrogen (secondary N) is 1. The number of carboxylic acids is 1. The van der Waals surface area contributed by atoms with E-state index in [2.05, 4.69) is 4.98 Å². The minimum atomic E-state index is -0.800. The topological polar surface area (TPSA) is 75.1 Å². The van der Waals surface area contributed by atoms with E-state index < -0.39 is 5.97 Å². The number of aromatic nitrogens is 2. The molecule has 0 atom stereocenters. The Morgan fingerprint density at radius 1 is 1.33 bits per heavy atom. The van der Waals surface area contributed by atoms with Gasteiger partial charge in [0, 0.05) is 18.8 Å². The molecule has 2 aromatic rings. The van der Waals surface area contributed by atoms with Gasteiger partial charge < -0.3 is 10.1 Å². The molecule has 0 spiro atoms. The van der Waals surface area contributed by atoms with E-state index in [9.17, 15) is 9.59 Å². The standard InChI is InChI=1S/C13H14N2O3/c16-12(17)7-3-5-10-4-1-2-6-11(10)15-9-8-14-13(15)18/h1-2,4,6,8-9H,3,5,7H2,(H,14,18)(H,16,17). The highest BCUT2D eigenvalue weighted by Crippen LogP contribution is 2.15. The number of nitrogens with zero attached hydrogens (tertiary/aromatic N) is 1. The molecule has 1 aromatic carbocycles. The molecule has 1 heterocycles. The lowest BCUT2D eigenvalue weighted by atomic mass is 10.1. The first kappa shape index (κ1) is 12.2. The zero-order chi connectivity index (χ0) is 13.0. The van der Waals surface area contributed by atoms with Gasteiger partial charge in [-0.15, -0.1) is 0 Å². The molecule has 0 aliphatic rings. The molecule has 0 radical (unpaired) electrons. The van der Waals surface area contributed by atoms with E-state index in [1.54, 1.807) is 12.4 Å². The van der Waals surface area contributed by atoms with Crippen LogP contribution in [0.2, 0.25) is 0 Å². The molecule has 94 valence electrons. The Kier molecular flexibility index (Phi) is 3.62. The van der Waals surface area contributed by atoms with Crippen LogP contribution < -0.4 is 5.69 Å². The van der Waals surface area contributed by atoms with Crippen LogP contribution in [0, 0.1) is 0 Å². The second kappa shape index (κ2) is 5.35. The van der Waals surface area contributed by atoms with Gasteiger partial charge in [0.25, 0.3) is 0 Å².